The summed E-state index contributed by atoms with van der Waals surface area (Å²) in [5, 5.41) is 0. The molecule has 22 heavy (non-hydrogen) atoms. The first-order valence-corrected chi connectivity index (χ1v) is 8.78. The second-order valence-electron chi connectivity index (χ2n) is 8.53. The molecule has 0 aromatic heterocycles. The minimum absolute atomic E-state index is 0.00453. The van der Waals surface area contributed by atoms with Crippen molar-refractivity contribution in [2.75, 3.05) is 0 Å². The molecule has 0 aromatic carbocycles. The first-order valence-electron chi connectivity index (χ1n) is 8.78. The fourth-order valence-corrected chi connectivity index (χ4v) is 6.21. The number of hydrogen-bond acceptors (Lipinski definition) is 2. The van der Waals surface area contributed by atoms with Gasteiger partial charge in [0.05, 0.1) is 5.41 Å². The second-order valence-corrected chi connectivity index (χ2v) is 8.53. The molecule has 4 rings (SSSR count). The van der Waals surface area contributed by atoms with E-state index in [0.717, 1.165) is 24.8 Å². The van der Waals surface area contributed by atoms with Crippen LogP contribution in [0.1, 0.15) is 58.8 Å². The molecule has 0 bridgehead atoms. The van der Waals surface area contributed by atoms with E-state index in [2.05, 4.69) is 6.92 Å². The summed E-state index contributed by atoms with van der Waals surface area (Å²) in [4.78, 5) is 25.5. The van der Waals surface area contributed by atoms with Crippen molar-refractivity contribution in [2.24, 2.45) is 28.6 Å². The van der Waals surface area contributed by atoms with E-state index in [9.17, 15) is 14.0 Å². The van der Waals surface area contributed by atoms with Gasteiger partial charge in [0.15, 0.2) is 5.78 Å². The molecule has 3 saturated carbocycles. The van der Waals surface area contributed by atoms with Gasteiger partial charge < -0.3 is 0 Å². The molecular formula is C19H25FO2. The molecule has 0 amide bonds. The second kappa shape index (κ2) is 4.52. The number of halogens is 1. The molecule has 0 unspecified atom stereocenters. The van der Waals surface area contributed by atoms with E-state index in [1.165, 1.54) is 12.8 Å². The maximum absolute atomic E-state index is 13.8. The average molecular weight is 304 g/mol. The van der Waals surface area contributed by atoms with E-state index in [1.807, 2.05) is 6.92 Å². The standard InChI is InChI=1S/C19H25FO2/c1-18-6-3-4-13(18)17-14(5-7-18)19(2)11(9-15(17)21)8-12(20)10-16(19)22/h9,12-14,17H,3-8,10H2,1-2H3/t12-,13+,14+,17+,18+,19+/m1/s1. The van der Waals surface area contributed by atoms with Crippen molar-refractivity contribution in [1.29, 1.82) is 0 Å². The number of carbonyl (C=O) groups is 2. The van der Waals surface area contributed by atoms with Gasteiger partial charge in [-0.3, -0.25) is 9.59 Å². The highest BCUT2D eigenvalue weighted by molar-refractivity contribution is 6.00. The Kier molecular flexibility index (Phi) is 3.00. The number of fused-ring (bicyclic) bond motifs is 5. The molecule has 3 fully saturated rings. The summed E-state index contributed by atoms with van der Waals surface area (Å²) in [6.45, 7) is 4.32. The summed E-state index contributed by atoms with van der Waals surface area (Å²) in [7, 11) is 0. The van der Waals surface area contributed by atoms with Crippen molar-refractivity contribution in [3.05, 3.63) is 11.6 Å². The molecule has 0 spiro atoms. The van der Waals surface area contributed by atoms with Crippen LogP contribution in [0.25, 0.3) is 0 Å². The zero-order valence-electron chi connectivity index (χ0n) is 13.5. The zero-order chi connectivity index (χ0) is 15.7. The van der Waals surface area contributed by atoms with Crippen LogP contribution in [-0.4, -0.2) is 17.7 Å². The van der Waals surface area contributed by atoms with Crippen LogP contribution in [0.4, 0.5) is 4.39 Å². The van der Waals surface area contributed by atoms with Gasteiger partial charge in [-0.1, -0.05) is 18.9 Å². The van der Waals surface area contributed by atoms with Gasteiger partial charge in [-0.2, -0.15) is 0 Å². The largest absolute Gasteiger partial charge is 0.299 e. The van der Waals surface area contributed by atoms with Gasteiger partial charge in [0.2, 0.25) is 0 Å². The number of Topliss-reactive ketones (excluding diaryl/α,β-unsaturated/α-hetero) is 1. The van der Waals surface area contributed by atoms with Gasteiger partial charge in [-0.15, -0.1) is 0 Å². The van der Waals surface area contributed by atoms with E-state index in [-0.39, 0.29) is 41.7 Å². The maximum atomic E-state index is 13.8. The smallest absolute Gasteiger partial charge is 0.159 e. The Hall–Kier alpha value is -0.990. The Labute approximate surface area is 131 Å². The Bertz CT molecular complexity index is 580. The zero-order valence-corrected chi connectivity index (χ0v) is 13.5. The number of rotatable bonds is 0. The Morgan fingerprint density at radius 1 is 1.09 bits per heavy atom. The predicted octanol–water partition coefficient (Wildman–Crippen LogP) is 4.04. The number of carbonyl (C=O) groups excluding carboxylic acids is 2. The van der Waals surface area contributed by atoms with E-state index >= 15 is 0 Å². The molecular weight excluding hydrogens is 279 g/mol. The molecule has 4 aliphatic carbocycles. The molecule has 0 aromatic rings. The first-order chi connectivity index (χ1) is 10.4. The molecule has 0 heterocycles. The van der Waals surface area contributed by atoms with Crippen LogP contribution in [0.3, 0.4) is 0 Å². The van der Waals surface area contributed by atoms with Gasteiger partial charge in [-0.05, 0) is 55.9 Å². The maximum Gasteiger partial charge on any atom is 0.159 e. The van der Waals surface area contributed by atoms with Crippen molar-refractivity contribution >= 4 is 11.6 Å². The third-order valence-corrected chi connectivity index (χ3v) is 7.53. The lowest BCUT2D eigenvalue weighted by atomic mass is 9.47. The number of ketones is 2. The highest BCUT2D eigenvalue weighted by Crippen LogP contribution is 2.63. The van der Waals surface area contributed by atoms with Crippen LogP contribution in [0.5, 0.6) is 0 Å². The Balaban J connectivity index is 1.80. The summed E-state index contributed by atoms with van der Waals surface area (Å²) < 4.78 is 13.8. The summed E-state index contributed by atoms with van der Waals surface area (Å²) in [6, 6.07) is 0. The summed E-state index contributed by atoms with van der Waals surface area (Å²) in [5.74, 6) is 0.731. The fraction of sp³-hybridized carbons (Fsp3) is 0.789. The van der Waals surface area contributed by atoms with Crippen LogP contribution < -0.4 is 0 Å². The minimum Gasteiger partial charge on any atom is -0.299 e. The van der Waals surface area contributed by atoms with Gasteiger partial charge in [0, 0.05) is 18.8 Å². The highest BCUT2D eigenvalue weighted by atomic mass is 19.1. The van der Waals surface area contributed by atoms with Crippen LogP contribution in [0.15, 0.2) is 11.6 Å². The van der Waals surface area contributed by atoms with Crippen molar-refractivity contribution < 1.29 is 14.0 Å². The summed E-state index contributed by atoms with van der Waals surface area (Å²) in [6.07, 6.45) is 6.45. The minimum atomic E-state index is -1.10. The van der Waals surface area contributed by atoms with Gasteiger partial charge in [0.25, 0.3) is 0 Å². The molecule has 0 aliphatic heterocycles. The normalized spacial score (nSPS) is 51.0. The molecule has 3 heteroatoms. The Morgan fingerprint density at radius 2 is 1.86 bits per heavy atom. The van der Waals surface area contributed by atoms with Gasteiger partial charge in [-0.25, -0.2) is 4.39 Å². The van der Waals surface area contributed by atoms with Crippen LogP contribution in [0.2, 0.25) is 0 Å². The fourth-order valence-electron chi connectivity index (χ4n) is 6.21. The van der Waals surface area contributed by atoms with Gasteiger partial charge in [0.1, 0.15) is 12.0 Å². The lowest BCUT2D eigenvalue weighted by molar-refractivity contribution is -0.143. The number of alkyl halides is 1. The van der Waals surface area contributed by atoms with Crippen LogP contribution in [0, 0.1) is 28.6 Å². The van der Waals surface area contributed by atoms with E-state index < -0.39 is 11.6 Å². The SMILES string of the molecule is C[C@@]12CCC[C@H]1[C@@H]1C(=O)C=C3C[C@@H](F)CC(=O)[C@]3(C)[C@H]1CC2. The van der Waals surface area contributed by atoms with Crippen molar-refractivity contribution in [1.82, 2.24) is 0 Å². The third kappa shape index (κ3) is 1.71. The number of allylic oxidation sites excluding steroid dienone is 2. The van der Waals surface area contributed by atoms with E-state index in [0.29, 0.717) is 5.92 Å². The first kappa shape index (κ1) is 14.6. The van der Waals surface area contributed by atoms with E-state index in [1.54, 1.807) is 6.08 Å². The summed E-state index contributed by atoms with van der Waals surface area (Å²) >= 11 is 0. The average Bonchev–Trinajstić information content (AvgIpc) is 2.83. The van der Waals surface area contributed by atoms with Crippen LogP contribution in [-0.2, 0) is 9.59 Å². The highest BCUT2D eigenvalue weighted by Gasteiger charge is 2.60. The van der Waals surface area contributed by atoms with Crippen molar-refractivity contribution in [3.63, 3.8) is 0 Å². The molecule has 4 aliphatic rings. The molecule has 0 N–H and O–H groups in total. The molecule has 6 atom stereocenters. The predicted molar refractivity (Wildman–Crippen MR) is 82.0 cm³/mol. The summed E-state index contributed by atoms with van der Waals surface area (Å²) in [5.41, 5.74) is 0.480. The van der Waals surface area contributed by atoms with Crippen molar-refractivity contribution in [2.45, 2.75) is 65.0 Å². The quantitative estimate of drug-likeness (QED) is 0.677. The van der Waals surface area contributed by atoms with E-state index in [4.69, 9.17) is 0 Å². The third-order valence-electron chi connectivity index (χ3n) is 7.53. The van der Waals surface area contributed by atoms with Gasteiger partial charge >= 0.3 is 0 Å². The topological polar surface area (TPSA) is 34.1 Å². The number of hydrogen-bond donors (Lipinski definition) is 0. The molecule has 0 saturated heterocycles. The molecule has 2 nitrogen and oxygen atoms in total. The van der Waals surface area contributed by atoms with Crippen molar-refractivity contribution in [3.8, 4) is 0 Å². The Morgan fingerprint density at radius 3 is 2.64 bits per heavy atom. The monoisotopic (exact) mass is 304 g/mol. The lowest BCUT2D eigenvalue weighted by Crippen LogP contribution is -2.55. The lowest BCUT2D eigenvalue weighted by Gasteiger charge is -2.55. The molecule has 0 radical (unpaired) electrons. The molecule has 120 valence electrons. The van der Waals surface area contributed by atoms with Crippen LogP contribution >= 0.6 is 0 Å².